The summed E-state index contributed by atoms with van der Waals surface area (Å²) >= 11 is 0. The smallest absolute Gasteiger partial charge is 0.414 e. The highest BCUT2D eigenvalue weighted by Crippen LogP contribution is 2.40. The molecule has 184 valence electrons. The Balaban J connectivity index is 1.57. The number of rotatable bonds is 5. The number of fused-ring (bicyclic) bond motifs is 3. The van der Waals surface area contributed by atoms with Gasteiger partial charge in [-0.2, -0.15) is 0 Å². The van der Waals surface area contributed by atoms with E-state index in [2.05, 4.69) is 4.57 Å². The summed E-state index contributed by atoms with van der Waals surface area (Å²) in [6.45, 7) is 2.47. The van der Waals surface area contributed by atoms with Crippen LogP contribution in [-0.2, 0) is 27.3 Å². The fourth-order valence-electron chi connectivity index (χ4n) is 6.20. The van der Waals surface area contributed by atoms with Crippen molar-refractivity contribution in [3.05, 3.63) is 23.5 Å². The van der Waals surface area contributed by atoms with Crippen LogP contribution in [0, 0.1) is 5.92 Å². The molecular weight excluding hydrogens is 434 g/mol. The van der Waals surface area contributed by atoms with E-state index in [1.807, 2.05) is 19.1 Å². The normalized spacial score (nSPS) is 25.5. The predicted molar refractivity (Wildman–Crippen MR) is 128 cm³/mol. The van der Waals surface area contributed by atoms with Gasteiger partial charge in [-0.3, -0.25) is 9.69 Å². The van der Waals surface area contributed by atoms with Gasteiger partial charge < -0.3 is 19.1 Å². The molecule has 34 heavy (non-hydrogen) atoms. The van der Waals surface area contributed by atoms with Crippen LogP contribution in [0.5, 0.6) is 0 Å². The molecule has 1 aliphatic heterocycles. The number of aryl methyl sites for hydroxylation is 1. The Morgan fingerprint density at radius 1 is 1.12 bits per heavy atom. The van der Waals surface area contributed by atoms with Crippen molar-refractivity contribution in [2.24, 2.45) is 5.92 Å². The summed E-state index contributed by atoms with van der Waals surface area (Å²) in [5, 5.41) is 9.67. The maximum Gasteiger partial charge on any atom is 0.414 e. The van der Waals surface area contributed by atoms with E-state index in [1.165, 1.54) is 20.0 Å². The molecule has 0 bridgehead atoms. The van der Waals surface area contributed by atoms with Crippen LogP contribution in [0.25, 0.3) is 11.0 Å². The maximum atomic E-state index is 12.5. The molecular formula is C26H35N3O5. The van der Waals surface area contributed by atoms with E-state index in [1.54, 1.807) is 4.90 Å². The SMILES string of the molecule is COC(=O)N1c2ccc3c(nc(COC4CCCC4)n3[C@@H]3CCC[C@@H](C(=O)O)C3)c2CCC1C. The molecule has 1 amide bonds. The van der Waals surface area contributed by atoms with Crippen molar-refractivity contribution in [1.29, 1.82) is 0 Å². The molecule has 3 aliphatic rings. The summed E-state index contributed by atoms with van der Waals surface area (Å²) in [6.07, 6.45) is 9.36. The number of methoxy groups -OCH3 is 1. The second kappa shape index (κ2) is 9.56. The van der Waals surface area contributed by atoms with Crippen molar-refractivity contribution < 1.29 is 24.2 Å². The minimum atomic E-state index is -0.710. The topological polar surface area (TPSA) is 93.9 Å². The Hall–Kier alpha value is -2.61. The van der Waals surface area contributed by atoms with Gasteiger partial charge in [0.1, 0.15) is 12.4 Å². The third kappa shape index (κ3) is 4.17. The lowest BCUT2D eigenvalue weighted by molar-refractivity contribution is -0.143. The second-order valence-electron chi connectivity index (χ2n) is 10.1. The highest BCUT2D eigenvalue weighted by molar-refractivity contribution is 5.95. The van der Waals surface area contributed by atoms with Crippen LogP contribution in [0.1, 0.15) is 82.1 Å². The fourth-order valence-corrected chi connectivity index (χ4v) is 6.20. The van der Waals surface area contributed by atoms with Gasteiger partial charge in [-0.15, -0.1) is 0 Å². The fraction of sp³-hybridized carbons (Fsp3) is 0.654. The van der Waals surface area contributed by atoms with E-state index in [0.717, 1.165) is 73.1 Å². The first-order valence-corrected chi connectivity index (χ1v) is 12.7. The van der Waals surface area contributed by atoms with Crippen LogP contribution < -0.4 is 4.90 Å². The molecule has 1 unspecified atom stereocenters. The summed E-state index contributed by atoms with van der Waals surface area (Å²) < 4.78 is 13.6. The number of hydrogen-bond donors (Lipinski definition) is 1. The number of hydrogen-bond acceptors (Lipinski definition) is 5. The van der Waals surface area contributed by atoms with Gasteiger partial charge in [0.15, 0.2) is 0 Å². The van der Waals surface area contributed by atoms with Gasteiger partial charge in [0.2, 0.25) is 0 Å². The van der Waals surface area contributed by atoms with Crippen molar-refractivity contribution in [3.63, 3.8) is 0 Å². The van der Waals surface area contributed by atoms with Gasteiger partial charge in [0, 0.05) is 17.6 Å². The van der Waals surface area contributed by atoms with E-state index in [-0.39, 0.29) is 30.2 Å². The van der Waals surface area contributed by atoms with Gasteiger partial charge >= 0.3 is 12.1 Å². The molecule has 8 nitrogen and oxygen atoms in total. The zero-order chi connectivity index (χ0) is 23.8. The highest BCUT2D eigenvalue weighted by atomic mass is 16.5. The summed E-state index contributed by atoms with van der Waals surface area (Å²) in [5.41, 5.74) is 3.84. The van der Waals surface area contributed by atoms with Gasteiger partial charge in [0.05, 0.1) is 35.9 Å². The van der Waals surface area contributed by atoms with Gasteiger partial charge in [-0.05, 0) is 64.0 Å². The minimum absolute atomic E-state index is 0.0549. The van der Waals surface area contributed by atoms with E-state index < -0.39 is 5.97 Å². The lowest BCUT2D eigenvalue weighted by Gasteiger charge is -2.34. The minimum Gasteiger partial charge on any atom is -0.481 e. The molecule has 8 heteroatoms. The number of carboxylic acids is 1. The van der Waals surface area contributed by atoms with E-state index in [9.17, 15) is 14.7 Å². The van der Waals surface area contributed by atoms with Crippen LogP contribution in [0.3, 0.4) is 0 Å². The molecule has 1 aromatic carbocycles. The average molecular weight is 470 g/mol. The van der Waals surface area contributed by atoms with Crippen LogP contribution in [0.15, 0.2) is 12.1 Å². The number of aromatic nitrogens is 2. The van der Waals surface area contributed by atoms with Crippen molar-refractivity contribution >= 4 is 28.8 Å². The Bertz CT molecular complexity index is 1070. The lowest BCUT2D eigenvalue weighted by atomic mass is 9.85. The van der Waals surface area contributed by atoms with Crippen molar-refractivity contribution in [1.82, 2.24) is 9.55 Å². The quantitative estimate of drug-likeness (QED) is 0.645. The van der Waals surface area contributed by atoms with Gasteiger partial charge in [-0.25, -0.2) is 9.78 Å². The Morgan fingerprint density at radius 3 is 2.65 bits per heavy atom. The first-order chi connectivity index (χ1) is 16.5. The van der Waals surface area contributed by atoms with Crippen LogP contribution in [0.4, 0.5) is 10.5 Å². The third-order valence-corrected chi connectivity index (χ3v) is 8.01. The average Bonchev–Trinajstić information content (AvgIpc) is 3.49. The van der Waals surface area contributed by atoms with Crippen molar-refractivity contribution in [2.45, 2.75) is 95.9 Å². The third-order valence-electron chi connectivity index (χ3n) is 8.01. The summed E-state index contributed by atoms with van der Waals surface area (Å²) in [5.74, 6) is -0.166. The molecule has 2 fully saturated rings. The number of ether oxygens (including phenoxy) is 2. The molecule has 0 radical (unpaired) electrons. The zero-order valence-electron chi connectivity index (χ0n) is 20.2. The molecule has 2 heterocycles. The zero-order valence-corrected chi connectivity index (χ0v) is 20.2. The number of anilines is 1. The predicted octanol–water partition coefficient (Wildman–Crippen LogP) is 5.22. The first kappa shape index (κ1) is 23.1. The van der Waals surface area contributed by atoms with E-state index >= 15 is 0 Å². The number of nitrogens with zero attached hydrogens (tertiary/aromatic N) is 3. The molecule has 2 aliphatic carbocycles. The van der Waals surface area contributed by atoms with Crippen LogP contribution in [-0.4, -0.2) is 46.0 Å². The number of imidazole rings is 1. The second-order valence-corrected chi connectivity index (χ2v) is 10.1. The van der Waals surface area contributed by atoms with Gasteiger partial charge in [-0.1, -0.05) is 19.3 Å². The monoisotopic (exact) mass is 469 g/mol. The van der Waals surface area contributed by atoms with Crippen LogP contribution in [0.2, 0.25) is 0 Å². The Morgan fingerprint density at radius 2 is 1.91 bits per heavy atom. The summed E-state index contributed by atoms with van der Waals surface area (Å²) in [6, 6.07) is 4.18. The molecule has 0 spiro atoms. The number of carboxylic acid groups (broad SMARTS) is 1. The first-order valence-electron chi connectivity index (χ1n) is 12.7. The Labute approximate surface area is 200 Å². The molecule has 3 atom stereocenters. The summed E-state index contributed by atoms with van der Waals surface area (Å²) in [4.78, 5) is 31.1. The van der Waals surface area contributed by atoms with Crippen molar-refractivity contribution in [3.8, 4) is 0 Å². The van der Waals surface area contributed by atoms with Crippen molar-refractivity contribution in [2.75, 3.05) is 12.0 Å². The highest BCUT2D eigenvalue weighted by Gasteiger charge is 2.34. The number of carbonyl (C=O) groups excluding carboxylic acids is 1. The molecule has 1 N–H and O–H groups in total. The molecule has 1 aromatic heterocycles. The number of benzene rings is 1. The largest absolute Gasteiger partial charge is 0.481 e. The van der Waals surface area contributed by atoms with Crippen LogP contribution >= 0.6 is 0 Å². The van der Waals surface area contributed by atoms with Gasteiger partial charge in [0.25, 0.3) is 0 Å². The molecule has 5 rings (SSSR count). The standard InChI is InChI=1S/C26H35N3O5/c1-16-10-11-20-21(28(16)26(32)33-2)12-13-22-24(20)27-23(15-34-19-8-3-4-9-19)29(22)18-7-5-6-17(14-18)25(30)31/h12-13,16-19H,3-11,14-15H2,1-2H3,(H,30,31)/t16?,17-,18-/m1/s1. The maximum absolute atomic E-state index is 12.5. The van der Waals surface area contributed by atoms with E-state index in [4.69, 9.17) is 14.5 Å². The number of amides is 1. The molecule has 2 saturated carbocycles. The molecule has 2 aromatic rings. The van der Waals surface area contributed by atoms with E-state index in [0.29, 0.717) is 13.0 Å². The lowest BCUT2D eigenvalue weighted by Crippen LogP contribution is -2.42. The molecule has 0 saturated heterocycles. The number of carbonyl (C=O) groups is 2. The number of aliphatic carboxylic acids is 1. The summed E-state index contributed by atoms with van der Waals surface area (Å²) in [7, 11) is 1.41. The Kier molecular flexibility index (Phi) is 6.51.